The van der Waals surface area contributed by atoms with Crippen molar-refractivity contribution in [2.75, 3.05) is 24.3 Å². The number of hydrogen-bond donors (Lipinski definition) is 1. The van der Waals surface area contributed by atoms with Crippen LogP contribution in [0.1, 0.15) is 12.0 Å². The van der Waals surface area contributed by atoms with Crippen molar-refractivity contribution in [1.82, 2.24) is 9.55 Å². The number of benzene rings is 3. The fourth-order valence-corrected chi connectivity index (χ4v) is 4.50. The summed E-state index contributed by atoms with van der Waals surface area (Å²) in [6.45, 7) is 1.15. The molecule has 0 unspecified atom stereocenters. The highest BCUT2D eigenvalue weighted by atomic mass is 32.2. The molecule has 1 amide bonds. The largest absolute Gasteiger partial charge is 0.490 e. The van der Waals surface area contributed by atoms with Crippen LogP contribution in [0, 0.1) is 11.3 Å². The first-order chi connectivity index (χ1) is 17.1. The monoisotopic (exact) mass is 484 g/mol. The molecule has 4 aromatic rings. The number of carbonyl (C=O) groups is 1. The Labute approximate surface area is 205 Å². The number of ether oxygens (including phenoxy) is 2. The van der Waals surface area contributed by atoms with Crippen molar-refractivity contribution in [3.05, 3.63) is 82.6 Å². The Hall–Kier alpha value is -4.29. The van der Waals surface area contributed by atoms with Gasteiger partial charge in [0.15, 0.2) is 16.7 Å². The van der Waals surface area contributed by atoms with E-state index >= 15 is 0 Å². The number of nitrogens with one attached hydrogen (secondary N) is 1. The van der Waals surface area contributed by atoms with Crippen LogP contribution in [0.4, 0.5) is 5.69 Å². The van der Waals surface area contributed by atoms with Gasteiger partial charge in [0.05, 0.1) is 47.2 Å². The number of aromatic nitrogens is 2. The SMILES string of the molecule is N#Cc1ccc(-n2c(SCC(=O)Nc3ccc4c(c3)OCCCO4)nc3ccccc3c2=O)cc1. The zero-order valence-corrected chi connectivity index (χ0v) is 19.4. The zero-order chi connectivity index (χ0) is 24.2. The van der Waals surface area contributed by atoms with E-state index in [0.29, 0.717) is 57.7 Å². The van der Waals surface area contributed by atoms with Crippen LogP contribution in [0.2, 0.25) is 0 Å². The first kappa shape index (κ1) is 22.5. The Bertz CT molecular complexity index is 1510. The van der Waals surface area contributed by atoms with Crippen LogP contribution in [0.25, 0.3) is 16.6 Å². The first-order valence-electron chi connectivity index (χ1n) is 11.0. The summed E-state index contributed by atoms with van der Waals surface area (Å²) >= 11 is 1.16. The molecule has 1 N–H and O–H groups in total. The normalized spacial score (nSPS) is 12.5. The molecule has 5 rings (SSSR count). The standard InChI is InChI=1S/C26H20N4O4S/c27-15-17-6-9-19(10-7-17)30-25(32)20-4-1-2-5-21(20)29-26(30)35-16-24(31)28-18-8-11-22-23(14-18)34-13-3-12-33-22/h1-2,4-11,14H,3,12-13,16H2,(H,28,31). The fraction of sp³-hybridized carbons (Fsp3) is 0.154. The van der Waals surface area contributed by atoms with E-state index < -0.39 is 0 Å². The fourth-order valence-electron chi connectivity index (χ4n) is 3.69. The molecule has 0 spiro atoms. The van der Waals surface area contributed by atoms with Crippen molar-refractivity contribution in [2.45, 2.75) is 11.6 Å². The van der Waals surface area contributed by atoms with Gasteiger partial charge in [0.1, 0.15) is 0 Å². The molecule has 1 aliphatic rings. The van der Waals surface area contributed by atoms with Crippen molar-refractivity contribution in [3.8, 4) is 23.3 Å². The highest BCUT2D eigenvalue weighted by molar-refractivity contribution is 7.99. The summed E-state index contributed by atoms with van der Waals surface area (Å²) in [5.41, 5.74) is 1.95. The molecule has 0 atom stereocenters. The van der Waals surface area contributed by atoms with Crippen LogP contribution < -0.4 is 20.3 Å². The van der Waals surface area contributed by atoms with E-state index in [2.05, 4.69) is 16.4 Å². The van der Waals surface area contributed by atoms with E-state index in [0.717, 1.165) is 18.2 Å². The van der Waals surface area contributed by atoms with Crippen LogP contribution in [0.3, 0.4) is 0 Å². The highest BCUT2D eigenvalue weighted by Gasteiger charge is 2.16. The lowest BCUT2D eigenvalue weighted by Crippen LogP contribution is -2.23. The van der Waals surface area contributed by atoms with E-state index in [1.54, 1.807) is 60.7 Å². The van der Waals surface area contributed by atoms with Gasteiger partial charge >= 0.3 is 0 Å². The maximum Gasteiger partial charge on any atom is 0.266 e. The van der Waals surface area contributed by atoms with Crippen LogP contribution in [-0.4, -0.2) is 34.4 Å². The molecule has 0 fully saturated rings. The molecule has 0 saturated carbocycles. The summed E-state index contributed by atoms with van der Waals surface area (Å²) in [6.07, 6.45) is 0.798. The van der Waals surface area contributed by atoms with Crippen molar-refractivity contribution in [2.24, 2.45) is 0 Å². The summed E-state index contributed by atoms with van der Waals surface area (Å²) in [4.78, 5) is 30.7. The Morgan fingerprint density at radius 2 is 1.83 bits per heavy atom. The maximum absolute atomic E-state index is 13.3. The minimum Gasteiger partial charge on any atom is -0.490 e. The second-order valence-electron chi connectivity index (χ2n) is 7.76. The summed E-state index contributed by atoms with van der Waals surface area (Å²) in [6, 6.07) is 21.1. The van der Waals surface area contributed by atoms with Crippen LogP contribution in [0.5, 0.6) is 11.5 Å². The zero-order valence-electron chi connectivity index (χ0n) is 18.6. The van der Waals surface area contributed by atoms with Crippen molar-refractivity contribution < 1.29 is 14.3 Å². The van der Waals surface area contributed by atoms with E-state index in [9.17, 15) is 9.59 Å². The van der Waals surface area contributed by atoms with Crippen LogP contribution in [-0.2, 0) is 4.79 Å². The minimum atomic E-state index is -0.252. The Morgan fingerprint density at radius 3 is 2.63 bits per heavy atom. The third-order valence-corrected chi connectivity index (χ3v) is 6.30. The Morgan fingerprint density at radius 1 is 1.06 bits per heavy atom. The Kier molecular flexibility index (Phi) is 6.37. The lowest BCUT2D eigenvalue weighted by molar-refractivity contribution is -0.113. The number of hydrogen-bond acceptors (Lipinski definition) is 7. The van der Waals surface area contributed by atoms with Gasteiger partial charge in [-0.3, -0.25) is 14.2 Å². The molecule has 3 aromatic carbocycles. The average Bonchev–Trinajstić information content (AvgIpc) is 3.13. The number of nitriles is 1. The quantitative estimate of drug-likeness (QED) is 0.335. The van der Waals surface area contributed by atoms with E-state index in [1.165, 1.54) is 4.57 Å². The predicted molar refractivity (Wildman–Crippen MR) is 133 cm³/mol. The summed E-state index contributed by atoms with van der Waals surface area (Å²) in [5.74, 6) is 1.04. The van der Waals surface area contributed by atoms with E-state index in [1.807, 2.05) is 6.07 Å². The average molecular weight is 485 g/mol. The van der Waals surface area contributed by atoms with Gasteiger partial charge < -0.3 is 14.8 Å². The smallest absolute Gasteiger partial charge is 0.266 e. The number of carbonyl (C=O) groups excluding carboxylic acids is 1. The van der Waals surface area contributed by atoms with Crippen molar-refractivity contribution in [1.29, 1.82) is 5.26 Å². The van der Waals surface area contributed by atoms with E-state index in [4.69, 9.17) is 14.7 Å². The number of nitrogens with zero attached hydrogens (tertiary/aromatic N) is 3. The van der Waals surface area contributed by atoms with Gasteiger partial charge in [0.2, 0.25) is 5.91 Å². The molecule has 0 radical (unpaired) electrons. The third-order valence-electron chi connectivity index (χ3n) is 5.36. The molecule has 2 heterocycles. The molecule has 8 nitrogen and oxygen atoms in total. The molecular formula is C26H20N4O4S. The lowest BCUT2D eigenvalue weighted by Gasteiger charge is -2.14. The molecule has 0 saturated heterocycles. The molecule has 0 aliphatic carbocycles. The van der Waals surface area contributed by atoms with E-state index in [-0.39, 0.29) is 17.2 Å². The molecule has 35 heavy (non-hydrogen) atoms. The van der Waals surface area contributed by atoms with Gasteiger partial charge in [0, 0.05) is 18.2 Å². The molecule has 0 bridgehead atoms. The molecule has 9 heteroatoms. The van der Waals surface area contributed by atoms with Gasteiger partial charge in [0.25, 0.3) is 5.56 Å². The van der Waals surface area contributed by atoms with Gasteiger partial charge in [-0.15, -0.1) is 0 Å². The number of amides is 1. The lowest BCUT2D eigenvalue weighted by atomic mass is 10.2. The molecule has 1 aromatic heterocycles. The molecular weight excluding hydrogens is 464 g/mol. The topological polar surface area (TPSA) is 106 Å². The van der Waals surface area contributed by atoms with Gasteiger partial charge in [-0.1, -0.05) is 23.9 Å². The van der Waals surface area contributed by atoms with Gasteiger partial charge in [-0.2, -0.15) is 5.26 Å². The van der Waals surface area contributed by atoms with Gasteiger partial charge in [-0.25, -0.2) is 4.98 Å². The number of rotatable bonds is 5. The minimum absolute atomic E-state index is 0.0372. The maximum atomic E-state index is 13.3. The van der Waals surface area contributed by atoms with Crippen molar-refractivity contribution >= 4 is 34.3 Å². The summed E-state index contributed by atoms with van der Waals surface area (Å²) < 4.78 is 12.8. The van der Waals surface area contributed by atoms with Crippen LogP contribution in [0.15, 0.2) is 76.7 Å². The predicted octanol–water partition coefficient (Wildman–Crippen LogP) is 4.15. The second-order valence-corrected chi connectivity index (χ2v) is 8.70. The molecule has 1 aliphatic heterocycles. The highest BCUT2D eigenvalue weighted by Crippen LogP contribution is 2.32. The third kappa shape index (κ3) is 4.83. The van der Waals surface area contributed by atoms with Gasteiger partial charge in [-0.05, 0) is 48.5 Å². The summed E-state index contributed by atoms with van der Waals surface area (Å²) in [7, 11) is 0. The van der Waals surface area contributed by atoms with Crippen molar-refractivity contribution in [3.63, 3.8) is 0 Å². The van der Waals surface area contributed by atoms with Crippen LogP contribution >= 0.6 is 11.8 Å². The molecule has 174 valence electrons. The number of thioether (sulfide) groups is 1. The second kappa shape index (κ2) is 9.91. The first-order valence-corrected chi connectivity index (χ1v) is 12.0. The Balaban J connectivity index is 1.40. The number of para-hydroxylation sites is 1. The number of anilines is 1. The summed E-state index contributed by atoms with van der Waals surface area (Å²) in [5, 5.41) is 12.8. The number of fused-ring (bicyclic) bond motifs is 2.